The van der Waals surface area contributed by atoms with Crippen LogP contribution in [0.15, 0.2) is 0 Å². The van der Waals surface area contributed by atoms with E-state index in [-0.39, 0.29) is 1.43 Å². The fraction of sp³-hybridized carbons (Fsp3) is 1.00. The largest absolute Gasteiger partial charge is 0.679 e. The summed E-state index contributed by atoms with van der Waals surface area (Å²) in [5.41, 5.74) is 0. The molecule has 0 bridgehead atoms. The predicted molar refractivity (Wildman–Crippen MR) is 85.0 cm³/mol. The molecule has 0 aliphatic heterocycles. The summed E-state index contributed by atoms with van der Waals surface area (Å²) in [6, 6.07) is 0. The maximum Gasteiger partial charge on any atom is 0.679 e. The summed E-state index contributed by atoms with van der Waals surface area (Å²) < 4.78 is 21.7. The highest BCUT2D eigenvalue weighted by Gasteiger charge is 2.44. The van der Waals surface area contributed by atoms with E-state index in [4.69, 9.17) is 36.9 Å². The van der Waals surface area contributed by atoms with Crippen molar-refractivity contribution in [3.63, 3.8) is 0 Å². The van der Waals surface area contributed by atoms with Crippen LogP contribution in [0.5, 0.6) is 0 Å². The van der Waals surface area contributed by atoms with E-state index in [1.54, 1.807) is 0 Å². The van der Waals surface area contributed by atoms with Gasteiger partial charge in [-0.25, -0.2) is 0 Å². The zero-order valence-corrected chi connectivity index (χ0v) is 16.0. The molecule has 0 aliphatic carbocycles. The molecule has 0 aromatic heterocycles. The summed E-state index contributed by atoms with van der Waals surface area (Å²) in [5.74, 6) is 0. The fourth-order valence-electron chi connectivity index (χ4n) is 0.957. The van der Waals surface area contributed by atoms with Crippen LogP contribution in [-0.4, -0.2) is 63.7 Å². The second-order valence-corrected chi connectivity index (χ2v) is 6.89. The molecule has 0 aliphatic rings. The van der Waals surface area contributed by atoms with Gasteiger partial charge in [0.15, 0.2) is 0 Å². The first kappa shape index (κ1) is 26.0. The third-order valence-electron chi connectivity index (χ3n) is 1.28. The van der Waals surface area contributed by atoms with Crippen molar-refractivity contribution in [1.82, 2.24) is 0 Å². The van der Waals surface area contributed by atoms with Crippen LogP contribution in [0.25, 0.3) is 0 Å². The molecule has 21 heavy (non-hydrogen) atoms. The van der Waals surface area contributed by atoms with Gasteiger partial charge in [0, 0.05) is 27.9 Å². The Morgan fingerprint density at radius 3 is 0.857 bits per heavy atom. The lowest BCUT2D eigenvalue weighted by Gasteiger charge is -2.26. The number of rotatable bonds is 8. The lowest BCUT2D eigenvalue weighted by Crippen LogP contribution is -2.49. The van der Waals surface area contributed by atoms with E-state index in [1.807, 2.05) is 27.7 Å². The molecule has 134 valence electrons. The first-order chi connectivity index (χ1) is 9.66. The van der Waals surface area contributed by atoms with Gasteiger partial charge in [0.25, 0.3) is 0 Å². The average Bonchev–Trinajstić information content (AvgIpc) is 2.29. The molecule has 0 heterocycles. The zero-order valence-electron chi connectivity index (χ0n) is 14.0. The van der Waals surface area contributed by atoms with Crippen LogP contribution < -0.4 is 0 Å². The van der Waals surface area contributed by atoms with Crippen molar-refractivity contribution >= 4 is 18.1 Å². The molecule has 4 N–H and O–H groups in total. The lowest BCUT2D eigenvalue weighted by atomic mass is 10.6. The summed E-state index contributed by atoms with van der Waals surface area (Å²) in [6.45, 7) is 14.0. The standard InChI is InChI=1S/C8H20O4Si.C3H8.H4O4Si.H2/c1-5-9-13(10-6-2,11-7-3)12-8-4;1-3-2;1-5(2,3)4;/h5-8H2,1-4H3;3H2,1-2H3;1-4H;1H/i;;;1+1. The molecular formula is C11H34O8Si2. The van der Waals surface area contributed by atoms with Gasteiger partial charge in [0.2, 0.25) is 0 Å². The van der Waals surface area contributed by atoms with Crippen molar-refractivity contribution in [2.45, 2.75) is 48.0 Å². The van der Waals surface area contributed by atoms with Gasteiger partial charge in [-0.2, -0.15) is 0 Å². The lowest BCUT2D eigenvalue weighted by molar-refractivity contribution is -0.0247. The molecule has 0 unspecified atom stereocenters. The smallest absolute Gasteiger partial charge is 0.368 e. The molecule has 0 saturated carbocycles. The van der Waals surface area contributed by atoms with Gasteiger partial charge >= 0.3 is 18.1 Å². The van der Waals surface area contributed by atoms with Crippen molar-refractivity contribution < 1.29 is 38.3 Å². The molecular weight excluding hydrogens is 316 g/mol. The van der Waals surface area contributed by atoms with E-state index in [1.165, 1.54) is 6.42 Å². The molecule has 0 atom stereocenters. The molecule has 0 radical (unpaired) electrons. The molecule has 10 heteroatoms. The second-order valence-electron chi connectivity index (χ2n) is 3.54. The van der Waals surface area contributed by atoms with E-state index in [9.17, 15) is 0 Å². The summed E-state index contributed by atoms with van der Waals surface area (Å²) in [4.78, 5) is 29.3. The molecule has 0 fully saturated rings. The van der Waals surface area contributed by atoms with Crippen molar-refractivity contribution in [3.05, 3.63) is 0 Å². The van der Waals surface area contributed by atoms with Crippen molar-refractivity contribution in [2.24, 2.45) is 0 Å². The van der Waals surface area contributed by atoms with Crippen molar-refractivity contribution in [3.8, 4) is 0 Å². The Hall–Kier alpha value is 0.114. The van der Waals surface area contributed by atoms with Crippen LogP contribution in [-0.2, 0) is 17.7 Å². The van der Waals surface area contributed by atoms with Crippen LogP contribution >= 0.6 is 0 Å². The van der Waals surface area contributed by atoms with Crippen molar-refractivity contribution in [2.75, 3.05) is 26.4 Å². The zero-order chi connectivity index (χ0) is 17.4. The minimum atomic E-state index is -4.61. The van der Waals surface area contributed by atoms with Crippen LogP contribution in [0, 0.1) is 0 Å². The maximum absolute atomic E-state index is 7.33. The first-order valence-corrected chi connectivity index (χ1v) is 10.5. The highest BCUT2D eigenvalue weighted by molar-refractivity contribution is 6.53. The van der Waals surface area contributed by atoms with Gasteiger partial charge in [0.05, 0.1) is 0 Å². The average molecular weight is 352 g/mol. The highest BCUT2D eigenvalue weighted by atomic mass is 28.4. The monoisotopic (exact) mass is 351 g/mol. The van der Waals surface area contributed by atoms with Crippen LogP contribution in [0.4, 0.5) is 0 Å². The summed E-state index contributed by atoms with van der Waals surface area (Å²) in [7, 11) is -7.41. The molecule has 0 aromatic rings. The fourth-order valence-corrected chi connectivity index (χ4v) is 2.87. The minimum absolute atomic E-state index is 0. The molecule has 0 rings (SSSR count). The van der Waals surface area contributed by atoms with Gasteiger partial charge in [-0.1, -0.05) is 20.3 Å². The van der Waals surface area contributed by atoms with Gasteiger partial charge < -0.3 is 36.9 Å². The van der Waals surface area contributed by atoms with E-state index in [0.717, 1.165) is 0 Å². The summed E-state index contributed by atoms with van der Waals surface area (Å²) >= 11 is 0. The second kappa shape index (κ2) is 16.5. The third-order valence-corrected chi connectivity index (χ3v) is 3.85. The molecule has 0 spiro atoms. The molecule has 0 amide bonds. The van der Waals surface area contributed by atoms with Crippen molar-refractivity contribution in [1.29, 1.82) is 0 Å². The third kappa shape index (κ3) is 25.4. The summed E-state index contributed by atoms with van der Waals surface area (Å²) in [6.07, 6.45) is 1.25. The summed E-state index contributed by atoms with van der Waals surface area (Å²) in [5, 5.41) is 0. The van der Waals surface area contributed by atoms with E-state index < -0.39 is 18.1 Å². The quantitative estimate of drug-likeness (QED) is 0.470. The van der Waals surface area contributed by atoms with Gasteiger partial charge in [-0.3, -0.25) is 0 Å². The van der Waals surface area contributed by atoms with Gasteiger partial charge in [0.1, 0.15) is 0 Å². The SMILES string of the molecule is CCC.CCO[Si](OCC)(OCC)OCC.O[Si](O)(O)O.[2HH]. The van der Waals surface area contributed by atoms with Gasteiger partial charge in [-0.15, -0.1) is 0 Å². The maximum atomic E-state index is 7.33. The van der Waals surface area contributed by atoms with E-state index in [0.29, 0.717) is 26.4 Å². The Morgan fingerprint density at radius 2 is 0.762 bits per heavy atom. The van der Waals surface area contributed by atoms with Gasteiger partial charge in [-0.05, 0) is 27.7 Å². The first-order valence-electron chi connectivity index (χ1n) is 7.11. The van der Waals surface area contributed by atoms with Crippen LogP contribution in [0.2, 0.25) is 0 Å². The Balaban J connectivity index is -0.000000151. The Kier molecular flexibility index (Phi) is 20.4. The Bertz CT molecular complexity index is 172. The topological polar surface area (TPSA) is 118 Å². The van der Waals surface area contributed by atoms with E-state index in [2.05, 4.69) is 13.8 Å². The Morgan fingerprint density at radius 1 is 0.619 bits per heavy atom. The highest BCUT2D eigenvalue weighted by Crippen LogP contribution is 2.11. The Labute approximate surface area is 131 Å². The van der Waals surface area contributed by atoms with Crippen LogP contribution in [0.1, 0.15) is 49.4 Å². The van der Waals surface area contributed by atoms with E-state index >= 15 is 0 Å². The predicted octanol–water partition coefficient (Wildman–Crippen LogP) is 0.621. The molecule has 0 aromatic carbocycles. The molecule has 8 nitrogen and oxygen atoms in total. The number of hydrogen-bond donors (Lipinski definition) is 4. The van der Waals surface area contributed by atoms with Crippen LogP contribution in [0.3, 0.4) is 0 Å². The normalized spacial score (nSPS) is 11.1. The number of hydrogen-bond acceptors (Lipinski definition) is 8. The minimum Gasteiger partial charge on any atom is -0.368 e. The molecule has 0 saturated heterocycles.